The lowest BCUT2D eigenvalue weighted by Crippen LogP contribution is -1.87. The van der Waals surface area contributed by atoms with Crippen LogP contribution in [0, 0.1) is 0 Å². The van der Waals surface area contributed by atoms with Crippen LogP contribution in [0.4, 0.5) is 0 Å². The SMILES string of the molecule is c1ccc(-c2cc(-c3ccccc3)cc(-c3ccc4ccc5cc(-c6ccc7ccc8c9ccccc9ccc8c7c6)ccc5c4c3)c2)cc1. The third kappa shape index (κ3) is 4.85. The van der Waals surface area contributed by atoms with Crippen LogP contribution in [0.1, 0.15) is 0 Å². The largest absolute Gasteiger partial charge is 0.0622 e. The number of benzene rings is 10. The predicted molar refractivity (Wildman–Crippen MR) is 216 cm³/mol. The van der Waals surface area contributed by atoms with Crippen molar-refractivity contribution in [3.05, 3.63) is 194 Å². The molecule has 0 aromatic heterocycles. The van der Waals surface area contributed by atoms with E-state index in [-0.39, 0.29) is 0 Å². The summed E-state index contributed by atoms with van der Waals surface area (Å²) in [6.45, 7) is 0. The zero-order valence-electron chi connectivity index (χ0n) is 27.5. The molecular weight excluding hydrogens is 601 g/mol. The highest BCUT2D eigenvalue weighted by Gasteiger charge is 2.11. The first-order valence-electron chi connectivity index (χ1n) is 17.3. The molecule has 0 heteroatoms. The molecule has 0 saturated heterocycles. The lowest BCUT2D eigenvalue weighted by molar-refractivity contribution is 1.57. The predicted octanol–water partition coefficient (Wildman–Crippen LogP) is 14.1. The summed E-state index contributed by atoms with van der Waals surface area (Å²) in [6, 6.07) is 71.4. The van der Waals surface area contributed by atoms with E-state index in [0.29, 0.717) is 0 Å². The first-order valence-corrected chi connectivity index (χ1v) is 17.3. The van der Waals surface area contributed by atoms with Gasteiger partial charge in [-0.1, -0.05) is 158 Å². The van der Waals surface area contributed by atoms with Crippen LogP contribution >= 0.6 is 0 Å². The molecule has 10 aromatic carbocycles. The van der Waals surface area contributed by atoms with Crippen LogP contribution in [-0.4, -0.2) is 0 Å². The van der Waals surface area contributed by atoms with E-state index >= 15 is 0 Å². The molecule has 0 fully saturated rings. The molecule has 0 saturated carbocycles. The molecule has 10 aromatic rings. The van der Waals surface area contributed by atoms with Gasteiger partial charge in [0.2, 0.25) is 0 Å². The Bertz CT molecular complexity index is 2840. The minimum absolute atomic E-state index is 1.22. The molecule has 0 amide bonds. The fraction of sp³-hybridized carbons (Fsp3) is 0. The average Bonchev–Trinajstić information content (AvgIpc) is 3.20. The highest BCUT2D eigenvalue weighted by molar-refractivity contribution is 6.18. The van der Waals surface area contributed by atoms with E-state index in [1.54, 1.807) is 0 Å². The number of hydrogen-bond acceptors (Lipinski definition) is 0. The van der Waals surface area contributed by atoms with Crippen LogP contribution in [0.25, 0.3) is 98.4 Å². The van der Waals surface area contributed by atoms with Gasteiger partial charge in [-0.25, -0.2) is 0 Å². The van der Waals surface area contributed by atoms with Gasteiger partial charge >= 0.3 is 0 Å². The van der Waals surface area contributed by atoms with E-state index in [0.717, 1.165) is 0 Å². The molecule has 0 nitrogen and oxygen atoms in total. The van der Waals surface area contributed by atoms with Crippen molar-refractivity contribution in [1.29, 1.82) is 0 Å². The van der Waals surface area contributed by atoms with Gasteiger partial charge in [0.05, 0.1) is 0 Å². The second-order valence-electron chi connectivity index (χ2n) is 13.4. The minimum atomic E-state index is 1.22. The lowest BCUT2D eigenvalue weighted by Gasteiger charge is -2.13. The molecule has 0 aliphatic heterocycles. The van der Waals surface area contributed by atoms with E-state index in [4.69, 9.17) is 0 Å². The third-order valence-electron chi connectivity index (χ3n) is 10.4. The molecule has 0 spiro atoms. The quantitative estimate of drug-likeness (QED) is 0.169. The minimum Gasteiger partial charge on any atom is -0.0622 e. The number of rotatable bonds is 4. The van der Waals surface area contributed by atoms with Gasteiger partial charge in [-0.15, -0.1) is 0 Å². The fourth-order valence-electron chi connectivity index (χ4n) is 7.81. The maximum Gasteiger partial charge on any atom is -0.00987 e. The van der Waals surface area contributed by atoms with Crippen molar-refractivity contribution in [3.63, 3.8) is 0 Å². The highest BCUT2D eigenvalue weighted by atomic mass is 14.2. The van der Waals surface area contributed by atoms with E-state index in [2.05, 4.69) is 194 Å². The van der Waals surface area contributed by atoms with Crippen LogP contribution in [0.15, 0.2) is 194 Å². The van der Waals surface area contributed by atoms with Crippen LogP contribution in [-0.2, 0) is 0 Å². The van der Waals surface area contributed by atoms with Gasteiger partial charge in [0.1, 0.15) is 0 Å². The molecule has 0 N–H and O–H groups in total. The zero-order valence-corrected chi connectivity index (χ0v) is 27.5. The summed E-state index contributed by atoms with van der Waals surface area (Å²) in [6.07, 6.45) is 0. The van der Waals surface area contributed by atoms with Crippen LogP contribution in [0.5, 0.6) is 0 Å². The summed E-state index contributed by atoms with van der Waals surface area (Å²) in [5.41, 5.74) is 9.80. The Hall–Kier alpha value is -6.50. The molecule has 50 heavy (non-hydrogen) atoms. The number of hydrogen-bond donors (Lipinski definition) is 0. The Kier molecular flexibility index (Phi) is 6.60. The van der Waals surface area contributed by atoms with E-state index < -0.39 is 0 Å². The molecule has 0 bridgehead atoms. The monoisotopic (exact) mass is 632 g/mol. The molecule has 0 aliphatic carbocycles. The van der Waals surface area contributed by atoms with E-state index in [1.807, 2.05) is 0 Å². The zero-order chi connectivity index (χ0) is 33.0. The Labute approximate surface area is 291 Å². The summed E-state index contributed by atoms with van der Waals surface area (Å²) in [5.74, 6) is 0. The lowest BCUT2D eigenvalue weighted by atomic mass is 9.91. The summed E-state index contributed by atoms with van der Waals surface area (Å²) in [5, 5.41) is 12.8. The van der Waals surface area contributed by atoms with Crippen molar-refractivity contribution in [3.8, 4) is 44.5 Å². The van der Waals surface area contributed by atoms with Crippen LogP contribution in [0.2, 0.25) is 0 Å². The second kappa shape index (κ2) is 11.6. The van der Waals surface area contributed by atoms with Crippen molar-refractivity contribution in [1.82, 2.24) is 0 Å². The standard InChI is InChI=1S/C50H32/c1-3-9-33(10-4-1)42-28-43(34-11-5-2-6-12-34)30-44(29-42)40-19-16-36-17-20-41-27-38(23-24-46(41)49(36)32-40)39-18-15-37-22-25-47-45-14-8-7-13-35(45)21-26-48(47)50(37)31-39/h1-32H. The van der Waals surface area contributed by atoms with Gasteiger partial charge in [0.15, 0.2) is 0 Å². The molecular formula is C50H32. The van der Waals surface area contributed by atoms with Crippen LogP contribution in [0.3, 0.4) is 0 Å². The van der Waals surface area contributed by atoms with E-state index in [1.165, 1.54) is 98.4 Å². The fourth-order valence-corrected chi connectivity index (χ4v) is 7.81. The van der Waals surface area contributed by atoms with Crippen molar-refractivity contribution in [2.24, 2.45) is 0 Å². The van der Waals surface area contributed by atoms with Crippen molar-refractivity contribution >= 4 is 53.9 Å². The van der Waals surface area contributed by atoms with Gasteiger partial charge in [-0.2, -0.15) is 0 Å². The van der Waals surface area contributed by atoms with E-state index in [9.17, 15) is 0 Å². The Morgan fingerprint density at radius 2 is 0.540 bits per heavy atom. The van der Waals surface area contributed by atoms with Gasteiger partial charge in [0.25, 0.3) is 0 Å². The summed E-state index contributed by atoms with van der Waals surface area (Å²) >= 11 is 0. The van der Waals surface area contributed by atoms with Gasteiger partial charge in [-0.05, 0) is 135 Å². The highest BCUT2D eigenvalue weighted by Crippen LogP contribution is 2.38. The average molecular weight is 633 g/mol. The molecule has 10 rings (SSSR count). The Balaban J connectivity index is 1.09. The topological polar surface area (TPSA) is 0 Å². The summed E-state index contributed by atoms with van der Waals surface area (Å²) in [4.78, 5) is 0. The summed E-state index contributed by atoms with van der Waals surface area (Å²) in [7, 11) is 0. The Morgan fingerprint density at radius 1 is 0.160 bits per heavy atom. The number of fused-ring (bicyclic) bond motifs is 8. The van der Waals surface area contributed by atoms with Crippen molar-refractivity contribution in [2.75, 3.05) is 0 Å². The molecule has 0 radical (unpaired) electrons. The van der Waals surface area contributed by atoms with Gasteiger partial charge < -0.3 is 0 Å². The smallest absolute Gasteiger partial charge is 0.00987 e. The third-order valence-corrected chi connectivity index (χ3v) is 10.4. The molecule has 232 valence electrons. The first kappa shape index (κ1) is 28.5. The van der Waals surface area contributed by atoms with Crippen molar-refractivity contribution in [2.45, 2.75) is 0 Å². The van der Waals surface area contributed by atoms with Crippen molar-refractivity contribution < 1.29 is 0 Å². The first-order chi connectivity index (χ1) is 24.7. The molecule has 0 heterocycles. The molecule has 0 atom stereocenters. The summed E-state index contributed by atoms with van der Waals surface area (Å²) < 4.78 is 0. The molecule has 0 unspecified atom stereocenters. The van der Waals surface area contributed by atoms with Gasteiger partial charge in [-0.3, -0.25) is 0 Å². The van der Waals surface area contributed by atoms with Gasteiger partial charge in [0, 0.05) is 0 Å². The normalized spacial score (nSPS) is 11.6. The second-order valence-corrected chi connectivity index (χ2v) is 13.4. The Morgan fingerprint density at radius 3 is 1.20 bits per heavy atom. The van der Waals surface area contributed by atoms with Crippen LogP contribution < -0.4 is 0 Å². The molecule has 0 aliphatic rings. The maximum absolute atomic E-state index is 2.38. The maximum atomic E-state index is 2.38.